The fourth-order valence-electron chi connectivity index (χ4n) is 4.41. The Labute approximate surface area is 177 Å². The number of nitrogens with zero attached hydrogens (tertiary/aromatic N) is 1. The van der Waals surface area contributed by atoms with Gasteiger partial charge in [-0.1, -0.05) is 34.6 Å². The minimum atomic E-state index is -0.635. The number of amides is 3. The average molecular weight is 415 g/mol. The molecule has 3 amide bonds. The van der Waals surface area contributed by atoms with E-state index in [9.17, 15) is 19.2 Å². The van der Waals surface area contributed by atoms with E-state index in [1.54, 1.807) is 24.3 Å². The van der Waals surface area contributed by atoms with Crippen LogP contribution >= 0.6 is 0 Å². The van der Waals surface area contributed by atoms with Crippen LogP contribution in [-0.4, -0.2) is 41.7 Å². The van der Waals surface area contributed by atoms with E-state index in [4.69, 9.17) is 4.74 Å². The molecule has 0 radical (unpaired) electrons. The van der Waals surface area contributed by atoms with Crippen LogP contribution in [0.5, 0.6) is 0 Å². The van der Waals surface area contributed by atoms with E-state index in [-0.39, 0.29) is 30.2 Å². The minimum Gasteiger partial charge on any atom is -0.462 e. The molecule has 1 saturated carbocycles. The summed E-state index contributed by atoms with van der Waals surface area (Å²) in [4.78, 5) is 51.5. The number of piperidine rings is 1. The normalized spacial score (nSPS) is 24.9. The number of nitrogens with one attached hydrogen (secondary N) is 1. The molecule has 7 nitrogen and oxygen atoms in total. The maximum absolute atomic E-state index is 13.0. The lowest BCUT2D eigenvalue weighted by Crippen LogP contribution is -2.60. The third-order valence-electron chi connectivity index (χ3n) is 6.76. The zero-order valence-electron chi connectivity index (χ0n) is 18.3. The van der Waals surface area contributed by atoms with Gasteiger partial charge in [-0.15, -0.1) is 0 Å². The van der Waals surface area contributed by atoms with E-state index >= 15 is 0 Å². The number of likely N-dealkylation sites (tertiary alicyclic amines) is 1. The highest BCUT2D eigenvalue weighted by Gasteiger charge is 2.64. The molecule has 2 fully saturated rings. The van der Waals surface area contributed by atoms with Gasteiger partial charge in [0.2, 0.25) is 17.7 Å². The zero-order valence-corrected chi connectivity index (χ0v) is 18.3. The zero-order chi connectivity index (χ0) is 22.3. The van der Waals surface area contributed by atoms with Crippen molar-refractivity contribution in [2.75, 3.05) is 18.5 Å². The number of imide groups is 1. The molecule has 1 aromatic rings. The second-order valence-corrected chi connectivity index (χ2v) is 9.49. The molecule has 1 aromatic carbocycles. The first-order valence-corrected chi connectivity index (χ1v) is 10.4. The Balaban J connectivity index is 1.63. The molecule has 2 bridgehead atoms. The first-order valence-electron chi connectivity index (χ1n) is 10.4. The third kappa shape index (κ3) is 3.73. The van der Waals surface area contributed by atoms with E-state index in [0.717, 1.165) is 4.90 Å². The van der Waals surface area contributed by atoms with Crippen molar-refractivity contribution in [3.05, 3.63) is 29.8 Å². The Kier molecular flexibility index (Phi) is 5.76. The third-order valence-corrected chi connectivity index (χ3v) is 6.76. The Morgan fingerprint density at radius 2 is 1.80 bits per heavy atom. The Hall–Kier alpha value is -2.70. The van der Waals surface area contributed by atoms with Gasteiger partial charge in [-0.25, -0.2) is 4.79 Å². The van der Waals surface area contributed by atoms with Crippen LogP contribution in [-0.2, 0) is 19.1 Å². The summed E-state index contributed by atoms with van der Waals surface area (Å²) < 4.78 is 5.18. The van der Waals surface area contributed by atoms with Gasteiger partial charge in [0, 0.05) is 11.6 Å². The van der Waals surface area contributed by atoms with Crippen molar-refractivity contribution in [1.29, 1.82) is 0 Å². The summed E-state index contributed by atoms with van der Waals surface area (Å²) in [6.45, 7) is 9.76. The second-order valence-electron chi connectivity index (χ2n) is 9.49. The van der Waals surface area contributed by atoms with Crippen LogP contribution in [0.15, 0.2) is 24.3 Å². The molecule has 1 aliphatic heterocycles. The van der Waals surface area contributed by atoms with E-state index in [0.29, 0.717) is 30.7 Å². The summed E-state index contributed by atoms with van der Waals surface area (Å²) in [5.41, 5.74) is -0.175. The van der Waals surface area contributed by atoms with Crippen molar-refractivity contribution < 1.29 is 23.9 Å². The molecule has 0 aromatic heterocycles. The predicted molar refractivity (Wildman–Crippen MR) is 112 cm³/mol. The van der Waals surface area contributed by atoms with Crippen LogP contribution in [0.25, 0.3) is 0 Å². The van der Waals surface area contributed by atoms with Crippen LogP contribution in [0.3, 0.4) is 0 Å². The highest BCUT2D eigenvalue weighted by atomic mass is 16.5. The maximum Gasteiger partial charge on any atom is 0.338 e. The smallest absolute Gasteiger partial charge is 0.338 e. The van der Waals surface area contributed by atoms with Crippen molar-refractivity contribution in [2.24, 2.45) is 22.7 Å². The first kappa shape index (κ1) is 22.0. The maximum atomic E-state index is 13.0. The molecular formula is C23H30N2O5. The molecule has 1 N–H and O–H groups in total. The molecule has 1 saturated heterocycles. The van der Waals surface area contributed by atoms with Crippen LogP contribution < -0.4 is 5.32 Å². The molecule has 1 aliphatic carbocycles. The molecular weight excluding hydrogens is 384 g/mol. The first-order chi connectivity index (χ1) is 14.0. The molecule has 7 heteroatoms. The van der Waals surface area contributed by atoms with Crippen LogP contribution in [0.4, 0.5) is 5.69 Å². The molecule has 2 aliphatic rings. The SMILES string of the molecule is CC(C)COC(=O)c1ccc(NC(=O)CN2C(=O)C3CCC(C)(C2=O)C3(C)C)cc1. The minimum absolute atomic E-state index is 0.246. The van der Waals surface area contributed by atoms with Gasteiger partial charge >= 0.3 is 5.97 Å². The number of carbonyl (C=O) groups excluding carboxylic acids is 4. The molecule has 0 spiro atoms. The van der Waals surface area contributed by atoms with Gasteiger partial charge in [0.25, 0.3) is 0 Å². The van der Waals surface area contributed by atoms with Crippen LogP contribution in [0, 0.1) is 22.7 Å². The van der Waals surface area contributed by atoms with Gasteiger partial charge in [-0.05, 0) is 48.4 Å². The summed E-state index contributed by atoms with van der Waals surface area (Å²) in [6.07, 6.45) is 1.32. The van der Waals surface area contributed by atoms with Crippen molar-refractivity contribution in [3.63, 3.8) is 0 Å². The fraction of sp³-hybridized carbons (Fsp3) is 0.565. The summed E-state index contributed by atoms with van der Waals surface area (Å²) in [6, 6.07) is 6.33. The van der Waals surface area contributed by atoms with E-state index < -0.39 is 22.7 Å². The Morgan fingerprint density at radius 3 is 2.40 bits per heavy atom. The van der Waals surface area contributed by atoms with Gasteiger partial charge in [-0.2, -0.15) is 0 Å². The topological polar surface area (TPSA) is 92.8 Å². The highest BCUT2D eigenvalue weighted by molar-refractivity contribution is 6.07. The number of hydrogen-bond donors (Lipinski definition) is 1. The van der Waals surface area contributed by atoms with Gasteiger partial charge in [0.15, 0.2) is 0 Å². The predicted octanol–water partition coefficient (Wildman–Crippen LogP) is 3.25. The van der Waals surface area contributed by atoms with E-state index in [1.165, 1.54) is 0 Å². The Morgan fingerprint density at radius 1 is 1.17 bits per heavy atom. The van der Waals surface area contributed by atoms with Gasteiger partial charge in [-0.3, -0.25) is 19.3 Å². The standard InChI is InChI=1S/C23H30N2O5/c1-14(2)13-30-20(28)15-6-8-16(9-7-15)24-18(26)12-25-19(27)17-10-11-23(5,21(25)29)22(17,3)4/h6-9,14,17H,10-13H2,1-5H3,(H,24,26). The van der Waals surface area contributed by atoms with Crippen molar-refractivity contribution in [1.82, 2.24) is 4.90 Å². The van der Waals surface area contributed by atoms with E-state index in [2.05, 4.69) is 5.32 Å². The summed E-state index contributed by atoms with van der Waals surface area (Å²) in [5.74, 6) is -1.41. The number of anilines is 1. The molecule has 30 heavy (non-hydrogen) atoms. The van der Waals surface area contributed by atoms with Crippen LogP contribution in [0.1, 0.15) is 57.8 Å². The number of hydrogen-bond acceptors (Lipinski definition) is 5. The summed E-state index contributed by atoms with van der Waals surface area (Å²) in [5, 5.41) is 2.69. The van der Waals surface area contributed by atoms with Gasteiger partial charge in [0.1, 0.15) is 6.54 Å². The number of fused-ring (bicyclic) bond motifs is 2. The molecule has 3 rings (SSSR count). The van der Waals surface area contributed by atoms with Gasteiger partial charge in [0.05, 0.1) is 17.6 Å². The lowest BCUT2D eigenvalue weighted by molar-refractivity contribution is -0.168. The molecule has 162 valence electrons. The second kappa shape index (κ2) is 7.85. The number of benzene rings is 1. The summed E-state index contributed by atoms with van der Waals surface area (Å²) >= 11 is 0. The van der Waals surface area contributed by atoms with Crippen LogP contribution in [0.2, 0.25) is 0 Å². The average Bonchev–Trinajstić information content (AvgIpc) is 2.87. The highest BCUT2D eigenvalue weighted by Crippen LogP contribution is 2.59. The summed E-state index contributed by atoms with van der Waals surface area (Å²) in [7, 11) is 0. The van der Waals surface area contributed by atoms with Crippen molar-refractivity contribution >= 4 is 29.4 Å². The molecule has 1 heterocycles. The number of ether oxygens (including phenoxy) is 1. The van der Waals surface area contributed by atoms with Gasteiger partial charge < -0.3 is 10.1 Å². The lowest BCUT2D eigenvalue weighted by Gasteiger charge is -2.47. The van der Waals surface area contributed by atoms with Crippen molar-refractivity contribution in [3.8, 4) is 0 Å². The Bertz CT molecular complexity index is 874. The quantitative estimate of drug-likeness (QED) is 0.570. The molecule has 2 unspecified atom stereocenters. The van der Waals surface area contributed by atoms with E-state index in [1.807, 2.05) is 34.6 Å². The number of carbonyl (C=O) groups is 4. The largest absolute Gasteiger partial charge is 0.462 e. The number of esters is 1. The number of rotatable bonds is 6. The fourth-order valence-corrected chi connectivity index (χ4v) is 4.41. The van der Waals surface area contributed by atoms with Crippen molar-refractivity contribution in [2.45, 2.75) is 47.5 Å². The lowest BCUT2D eigenvalue weighted by atomic mass is 9.62. The molecule has 2 atom stereocenters. The monoisotopic (exact) mass is 414 g/mol.